The molecule has 5 nitrogen and oxygen atoms in total. The summed E-state index contributed by atoms with van der Waals surface area (Å²) in [6.45, 7) is 4.33. The van der Waals surface area contributed by atoms with Crippen LogP contribution in [-0.4, -0.2) is 24.5 Å². The topological polar surface area (TPSA) is 67.4 Å². The summed E-state index contributed by atoms with van der Waals surface area (Å²) in [6.07, 6.45) is 2.30. The molecule has 0 saturated heterocycles. The Morgan fingerprint density at radius 3 is 2.80 bits per heavy atom. The zero-order chi connectivity index (χ0) is 17.8. The maximum Gasteiger partial charge on any atom is 0.254 e. The molecule has 1 aromatic carbocycles. The lowest BCUT2D eigenvalue weighted by atomic mass is 10.1. The van der Waals surface area contributed by atoms with Crippen LogP contribution in [0.4, 0.5) is 5.00 Å². The zero-order valence-electron chi connectivity index (χ0n) is 14.4. The second-order valence-electron chi connectivity index (χ2n) is 6.26. The molecule has 1 aliphatic carbocycles. The number of thiophene rings is 1. The van der Waals surface area contributed by atoms with Crippen LogP contribution in [0.1, 0.15) is 40.7 Å². The molecule has 132 valence electrons. The molecule has 2 N–H and O–H groups in total. The molecule has 0 bridgehead atoms. The van der Waals surface area contributed by atoms with Gasteiger partial charge < -0.3 is 15.4 Å². The highest BCUT2D eigenvalue weighted by molar-refractivity contribution is 7.14. The van der Waals surface area contributed by atoms with E-state index in [0.29, 0.717) is 23.2 Å². The largest absolute Gasteiger partial charge is 0.493 e. The molecule has 2 amide bonds. The van der Waals surface area contributed by atoms with Gasteiger partial charge in [0.1, 0.15) is 10.8 Å². The molecule has 1 fully saturated rings. The van der Waals surface area contributed by atoms with Crippen molar-refractivity contribution in [1.82, 2.24) is 5.32 Å². The molecule has 1 saturated carbocycles. The third kappa shape index (κ3) is 4.60. The van der Waals surface area contributed by atoms with Crippen molar-refractivity contribution in [1.29, 1.82) is 0 Å². The van der Waals surface area contributed by atoms with Crippen molar-refractivity contribution < 1.29 is 14.3 Å². The number of amides is 2. The molecule has 1 aliphatic rings. The molecule has 0 aliphatic heterocycles. The number of carbonyl (C=O) groups is 2. The number of hydrogen-bond donors (Lipinski definition) is 2. The minimum Gasteiger partial charge on any atom is -0.493 e. The predicted octanol–water partition coefficient (Wildman–Crippen LogP) is 3.66. The minimum atomic E-state index is -0.159. The van der Waals surface area contributed by atoms with Crippen molar-refractivity contribution in [2.75, 3.05) is 11.9 Å². The SMILES string of the molecule is Cc1cccc(OCCC(=O)Nc2sccc2C(=O)NC2CC2)c1C. The van der Waals surface area contributed by atoms with E-state index in [-0.39, 0.29) is 18.2 Å². The first-order chi connectivity index (χ1) is 12.0. The Balaban J connectivity index is 1.50. The maximum atomic E-state index is 12.1. The monoisotopic (exact) mass is 358 g/mol. The fraction of sp³-hybridized carbons (Fsp3) is 0.368. The molecule has 0 spiro atoms. The van der Waals surface area contributed by atoms with Gasteiger partial charge in [0.2, 0.25) is 5.91 Å². The van der Waals surface area contributed by atoms with Crippen LogP contribution in [0.25, 0.3) is 0 Å². The smallest absolute Gasteiger partial charge is 0.254 e. The summed E-state index contributed by atoms with van der Waals surface area (Å²) in [5.74, 6) is 0.521. The molecular weight excluding hydrogens is 336 g/mol. The van der Waals surface area contributed by atoms with Gasteiger partial charge in [0.25, 0.3) is 5.91 Å². The van der Waals surface area contributed by atoms with Crippen molar-refractivity contribution in [3.63, 3.8) is 0 Å². The van der Waals surface area contributed by atoms with E-state index in [1.807, 2.05) is 37.4 Å². The lowest BCUT2D eigenvalue weighted by Crippen LogP contribution is -2.26. The third-order valence-corrected chi connectivity index (χ3v) is 5.05. The maximum absolute atomic E-state index is 12.1. The zero-order valence-corrected chi connectivity index (χ0v) is 15.2. The van der Waals surface area contributed by atoms with Gasteiger partial charge in [-0.3, -0.25) is 9.59 Å². The summed E-state index contributed by atoms with van der Waals surface area (Å²) in [5, 5.41) is 8.16. The molecule has 2 aromatic rings. The van der Waals surface area contributed by atoms with E-state index < -0.39 is 0 Å². The molecule has 3 rings (SSSR count). The Hall–Kier alpha value is -2.34. The van der Waals surface area contributed by atoms with Gasteiger partial charge in [-0.25, -0.2) is 0 Å². The first kappa shape index (κ1) is 17.5. The van der Waals surface area contributed by atoms with Crippen molar-refractivity contribution >= 4 is 28.2 Å². The standard InChI is InChI=1S/C19H22N2O3S/c1-12-4-3-5-16(13(12)2)24-10-8-17(22)21-19-15(9-11-25-19)18(23)20-14-6-7-14/h3-5,9,11,14H,6-8,10H2,1-2H3,(H,20,23)(H,21,22). The Morgan fingerprint density at radius 1 is 1.24 bits per heavy atom. The second kappa shape index (κ2) is 7.70. The number of rotatable bonds is 7. The van der Waals surface area contributed by atoms with Gasteiger partial charge in [-0.15, -0.1) is 11.3 Å². The number of benzene rings is 1. The Morgan fingerprint density at radius 2 is 2.04 bits per heavy atom. The Labute approximate surface area is 151 Å². The van der Waals surface area contributed by atoms with Gasteiger partial charge in [-0.05, 0) is 55.3 Å². The fourth-order valence-electron chi connectivity index (χ4n) is 2.40. The van der Waals surface area contributed by atoms with Gasteiger partial charge in [0, 0.05) is 6.04 Å². The van der Waals surface area contributed by atoms with Crippen LogP contribution in [0.15, 0.2) is 29.6 Å². The first-order valence-corrected chi connectivity index (χ1v) is 9.30. The summed E-state index contributed by atoms with van der Waals surface area (Å²) in [5.41, 5.74) is 2.77. The van der Waals surface area contributed by atoms with Crippen molar-refractivity contribution in [2.24, 2.45) is 0 Å². The number of nitrogens with one attached hydrogen (secondary N) is 2. The first-order valence-electron chi connectivity index (χ1n) is 8.42. The average Bonchev–Trinajstić information content (AvgIpc) is 3.27. The normalized spacial score (nSPS) is 13.4. The van der Waals surface area contributed by atoms with E-state index in [2.05, 4.69) is 10.6 Å². The molecule has 0 radical (unpaired) electrons. The quantitative estimate of drug-likeness (QED) is 0.794. The van der Waals surface area contributed by atoms with E-state index in [4.69, 9.17) is 4.74 Å². The molecule has 25 heavy (non-hydrogen) atoms. The van der Waals surface area contributed by atoms with Crippen molar-refractivity contribution in [2.45, 2.75) is 39.2 Å². The third-order valence-electron chi connectivity index (χ3n) is 4.22. The van der Waals surface area contributed by atoms with Crippen LogP contribution in [-0.2, 0) is 4.79 Å². The van der Waals surface area contributed by atoms with Gasteiger partial charge in [0.15, 0.2) is 0 Å². The molecule has 0 atom stereocenters. The number of ether oxygens (including phenoxy) is 1. The van der Waals surface area contributed by atoms with E-state index in [9.17, 15) is 9.59 Å². The van der Waals surface area contributed by atoms with Crippen LogP contribution in [0.3, 0.4) is 0 Å². The lowest BCUT2D eigenvalue weighted by Gasteiger charge is -2.11. The summed E-state index contributed by atoms with van der Waals surface area (Å²) in [7, 11) is 0. The van der Waals surface area contributed by atoms with Crippen LogP contribution >= 0.6 is 11.3 Å². The van der Waals surface area contributed by atoms with Gasteiger partial charge in [-0.1, -0.05) is 12.1 Å². The molecule has 6 heteroatoms. The van der Waals surface area contributed by atoms with E-state index in [1.165, 1.54) is 11.3 Å². The van der Waals surface area contributed by atoms with Gasteiger partial charge in [0.05, 0.1) is 18.6 Å². The highest BCUT2D eigenvalue weighted by Crippen LogP contribution is 2.26. The summed E-state index contributed by atoms with van der Waals surface area (Å²) >= 11 is 1.35. The highest BCUT2D eigenvalue weighted by atomic mass is 32.1. The molecular formula is C19H22N2O3S. The van der Waals surface area contributed by atoms with E-state index in [1.54, 1.807) is 6.07 Å². The van der Waals surface area contributed by atoms with E-state index >= 15 is 0 Å². The fourth-order valence-corrected chi connectivity index (χ4v) is 3.20. The van der Waals surface area contributed by atoms with Gasteiger partial charge >= 0.3 is 0 Å². The second-order valence-corrected chi connectivity index (χ2v) is 7.17. The molecule has 1 heterocycles. The minimum absolute atomic E-state index is 0.120. The molecule has 1 aromatic heterocycles. The molecule has 0 unspecified atom stereocenters. The van der Waals surface area contributed by atoms with E-state index in [0.717, 1.165) is 29.7 Å². The summed E-state index contributed by atoms with van der Waals surface area (Å²) in [4.78, 5) is 24.3. The number of anilines is 1. The van der Waals surface area contributed by atoms with Crippen LogP contribution in [0, 0.1) is 13.8 Å². The summed E-state index contributed by atoms with van der Waals surface area (Å²) in [6, 6.07) is 7.90. The number of aryl methyl sites for hydroxylation is 1. The number of hydrogen-bond acceptors (Lipinski definition) is 4. The summed E-state index contributed by atoms with van der Waals surface area (Å²) < 4.78 is 5.71. The average molecular weight is 358 g/mol. The predicted molar refractivity (Wildman–Crippen MR) is 99.5 cm³/mol. The van der Waals surface area contributed by atoms with Crippen LogP contribution in [0.2, 0.25) is 0 Å². The van der Waals surface area contributed by atoms with Gasteiger partial charge in [-0.2, -0.15) is 0 Å². The highest BCUT2D eigenvalue weighted by Gasteiger charge is 2.25. The van der Waals surface area contributed by atoms with Crippen molar-refractivity contribution in [3.8, 4) is 5.75 Å². The van der Waals surface area contributed by atoms with Crippen LogP contribution in [0.5, 0.6) is 5.75 Å². The lowest BCUT2D eigenvalue weighted by molar-refractivity contribution is -0.116. The Bertz CT molecular complexity index is 781. The number of carbonyl (C=O) groups excluding carboxylic acids is 2. The Kier molecular flexibility index (Phi) is 5.38. The van der Waals surface area contributed by atoms with Crippen LogP contribution < -0.4 is 15.4 Å². The van der Waals surface area contributed by atoms with Crippen molar-refractivity contribution in [3.05, 3.63) is 46.3 Å².